The third-order valence-electron chi connectivity index (χ3n) is 3.29. The maximum absolute atomic E-state index is 3.74. The predicted molar refractivity (Wildman–Crippen MR) is 73.7 cm³/mol. The molecule has 0 amide bonds. The molecule has 0 unspecified atom stereocenters. The van der Waals surface area contributed by atoms with Crippen LogP contribution in [-0.2, 0) is 0 Å². The summed E-state index contributed by atoms with van der Waals surface area (Å²) in [5.74, 6) is 0. The maximum Gasteiger partial charge on any atom is 0.267 e. The lowest BCUT2D eigenvalue weighted by atomic mass is 10.3. The Hall–Kier alpha value is 0.0969. The molecule has 1 saturated carbocycles. The van der Waals surface area contributed by atoms with Gasteiger partial charge in [0, 0.05) is 6.04 Å². The Balaban J connectivity index is 2.51. The summed E-state index contributed by atoms with van der Waals surface area (Å²) in [5.41, 5.74) is 0. The molecule has 0 aromatic carbocycles. The van der Waals surface area contributed by atoms with Crippen molar-refractivity contribution in [3.05, 3.63) is 0 Å². The molecule has 0 aliphatic heterocycles. The van der Waals surface area contributed by atoms with Gasteiger partial charge in [0.25, 0.3) is 9.28 Å². The van der Waals surface area contributed by atoms with Crippen LogP contribution in [0.2, 0.25) is 0 Å². The van der Waals surface area contributed by atoms with E-state index in [1.54, 1.807) is 0 Å². The minimum absolute atomic E-state index is 0.576. The first kappa shape index (κ1) is 14.2. The van der Waals surface area contributed by atoms with E-state index in [0.29, 0.717) is 12.1 Å². The van der Waals surface area contributed by atoms with Gasteiger partial charge in [-0.3, -0.25) is 0 Å². The predicted octanol–water partition coefficient (Wildman–Crippen LogP) is 1.57. The van der Waals surface area contributed by atoms with Gasteiger partial charge in [-0.25, -0.2) is 0 Å². The first-order valence-electron chi connectivity index (χ1n) is 6.74. The van der Waals surface area contributed by atoms with E-state index in [1.807, 2.05) is 0 Å². The zero-order valence-electron chi connectivity index (χ0n) is 11.6. The summed E-state index contributed by atoms with van der Waals surface area (Å²) < 4.78 is 2.62. The van der Waals surface area contributed by atoms with Crippen LogP contribution in [0.25, 0.3) is 0 Å². The Morgan fingerprint density at radius 3 is 1.81 bits per heavy atom. The standard InChI is InChI=1S/C12H29N3Si/c1-10(2)13-16(14-11(3)4)15(5)12-8-6-7-9-12/h10-14,16H,6-9H2,1-5H3. The minimum atomic E-state index is -1.16. The van der Waals surface area contributed by atoms with Crippen molar-refractivity contribution in [2.45, 2.75) is 71.5 Å². The second-order valence-electron chi connectivity index (χ2n) is 5.65. The maximum atomic E-state index is 3.74. The summed E-state index contributed by atoms with van der Waals surface area (Å²) in [4.78, 5) is 7.48. The van der Waals surface area contributed by atoms with Gasteiger partial charge in [-0.05, 0) is 32.0 Å². The summed E-state index contributed by atoms with van der Waals surface area (Å²) in [6.07, 6.45) is 5.61. The average molecular weight is 243 g/mol. The summed E-state index contributed by atoms with van der Waals surface area (Å²) in [6, 6.07) is 1.97. The average Bonchev–Trinajstić information content (AvgIpc) is 2.66. The molecule has 0 saturated heterocycles. The molecule has 1 fully saturated rings. The number of nitrogens with zero attached hydrogens (tertiary/aromatic N) is 1. The van der Waals surface area contributed by atoms with Gasteiger partial charge >= 0.3 is 0 Å². The van der Waals surface area contributed by atoms with Gasteiger partial charge in [0.15, 0.2) is 0 Å². The van der Waals surface area contributed by atoms with Crippen molar-refractivity contribution in [3.63, 3.8) is 0 Å². The summed E-state index contributed by atoms with van der Waals surface area (Å²) in [6.45, 7) is 8.96. The zero-order valence-corrected chi connectivity index (χ0v) is 12.7. The van der Waals surface area contributed by atoms with Crippen LogP contribution in [0.1, 0.15) is 53.4 Å². The van der Waals surface area contributed by atoms with Gasteiger partial charge in [0.05, 0.1) is 0 Å². The van der Waals surface area contributed by atoms with Crippen molar-refractivity contribution >= 4 is 9.28 Å². The Morgan fingerprint density at radius 2 is 1.44 bits per heavy atom. The highest BCUT2D eigenvalue weighted by Gasteiger charge is 2.27. The van der Waals surface area contributed by atoms with Crippen molar-refractivity contribution in [2.75, 3.05) is 7.05 Å². The molecule has 1 aliphatic carbocycles. The molecule has 1 rings (SSSR count). The van der Waals surface area contributed by atoms with E-state index in [1.165, 1.54) is 25.7 Å². The Kier molecular flexibility index (Phi) is 5.96. The van der Waals surface area contributed by atoms with Crippen molar-refractivity contribution in [1.29, 1.82) is 0 Å². The van der Waals surface area contributed by atoms with E-state index < -0.39 is 9.28 Å². The van der Waals surface area contributed by atoms with Crippen LogP contribution in [0, 0.1) is 0 Å². The molecule has 0 aromatic heterocycles. The van der Waals surface area contributed by atoms with E-state index in [0.717, 1.165) is 6.04 Å². The van der Waals surface area contributed by atoms with Gasteiger partial charge in [0.1, 0.15) is 0 Å². The summed E-state index contributed by atoms with van der Waals surface area (Å²) in [7, 11) is 1.14. The SMILES string of the molecule is CC(C)N[SiH](NC(C)C)N(C)C1CCCC1. The van der Waals surface area contributed by atoms with Crippen LogP contribution in [0.15, 0.2) is 0 Å². The molecule has 2 N–H and O–H groups in total. The zero-order chi connectivity index (χ0) is 12.1. The Morgan fingerprint density at radius 1 is 1.00 bits per heavy atom. The molecule has 0 radical (unpaired) electrons. The Labute approximate surface area is 103 Å². The van der Waals surface area contributed by atoms with Crippen LogP contribution < -0.4 is 9.96 Å². The molecule has 96 valence electrons. The van der Waals surface area contributed by atoms with Crippen LogP contribution in [0.3, 0.4) is 0 Å². The third kappa shape index (κ3) is 4.53. The van der Waals surface area contributed by atoms with Crippen LogP contribution in [0.5, 0.6) is 0 Å². The molecule has 16 heavy (non-hydrogen) atoms. The van der Waals surface area contributed by atoms with E-state index in [4.69, 9.17) is 0 Å². The van der Waals surface area contributed by atoms with Gasteiger partial charge < -0.3 is 14.5 Å². The molecule has 4 heteroatoms. The Bertz CT molecular complexity index is 181. The lowest BCUT2D eigenvalue weighted by Gasteiger charge is -2.35. The molecular weight excluding hydrogens is 214 g/mol. The fourth-order valence-electron chi connectivity index (χ4n) is 2.44. The fourth-order valence-corrected chi connectivity index (χ4v) is 4.99. The molecule has 0 bridgehead atoms. The molecule has 0 aromatic rings. The highest BCUT2D eigenvalue weighted by molar-refractivity contribution is 6.50. The van der Waals surface area contributed by atoms with Crippen LogP contribution in [-0.4, -0.2) is 39.0 Å². The monoisotopic (exact) mass is 243 g/mol. The van der Waals surface area contributed by atoms with E-state index in [2.05, 4.69) is 49.3 Å². The largest absolute Gasteiger partial charge is 0.313 e. The third-order valence-corrected chi connectivity index (χ3v) is 6.49. The minimum Gasteiger partial charge on any atom is -0.313 e. The fraction of sp³-hybridized carbons (Fsp3) is 1.00. The van der Waals surface area contributed by atoms with Crippen molar-refractivity contribution < 1.29 is 0 Å². The van der Waals surface area contributed by atoms with Gasteiger partial charge in [-0.15, -0.1) is 0 Å². The number of rotatable bonds is 6. The van der Waals surface area contributed by atoms with Gasteiger partial charge in [0.2, 0.25) is 0 Å². The number of hydrogen-bond donors (Lipinski definition) is 2. The molecule has 0 heterocycles. The first-order chi connectivity index (χ1) is 7.50. The van der Waals surface area contributed by atoms with Crippen molar-refractivity contribution in [1.82, 2.24) is 14.5 Å². The van der Waals surface area contributed by atoms with E-state index >= 15 is 0 Å². The molecule has 3 nitrogen and oxygen atoms in total. The van der Waals surface area contributed by atoms with Crippen molar-refractivity contribution in [3.8, 4) is 0 Å². The van der Waals surface area contributed by atoms with E-state index in [-0.39, 0.29) is 0 Å². The summed E-state index contributed by atoms with van der Waals surface area (Å²) in [5, 5.41) is 0. The molecule has 0 spiro atoms. The first-order valence-corrected chi connectivity index (χ1v) is 8.42. The molecular formula is C12H29N3Si. The second kappa shape index (κ2) is 6.74. The highest BCUT2D eigenvalue weighted by Crippen LogP contribution is 2.22. The van der Waals surface area contributed by atoms with Crippen LogP contribution in [0.4, 0.5) is 0 Å². The van der Waals surface area contributed by atoms with Gasteiger partial charge in [-0.2, -0.15) is 0 Å². The lowest BCUT2D eigenvalue weighted by Crippen LogP contribution is -2.64. The topological polar surface area (TPSA) is 27.3 Å². The quantitative estimate of drug-likeness (QED) is 0.694. The molecule has 0 atom stereocenters. The second-order valence-corrected chi connectivity index (χ2v) is 7.94. The summed E-state index contributed by atoms with van der Waals surface area (Å²) >= 11 is 0. The lowest BCUT2D eigenvalue weighted by molar-refractivity contribution is 0.361. The van der Waals surface area contributed by atoms with E-state index in [9.17, 15) is 0 Å². The number of hydrogen-bond acceptors (Lipinski definition) is 3. The van der Waals surface area contributed by atoms with Crippen LogP contribution >= 0.6 is 0 Å². The highest BCUT2D eigenvalue weighted by atomic mass is 28.3. The van der Waals surface area contributed by atoms with Crippen molar-refractivity contribution in [2.24, 2.45) is 0 Å². The normalized spacial score (nSPS) is 18.6. The molecule has 1 aliphatic rings. The smallest absolute Gasteiger partial charge is 0.267 e. The number of nitrogens with one attached hydrogen (secondary N) is 2. The van der Waals surface area contributed by atoms with Gasteiger partial charge in [-0.1, -0.05) is 40.5 Å².